The van der Waals surface area contributed by atoms with Crippen molar-refractivity contribution in [2.45, 2.75) is 30.8 Å². The number of aromatic nitrogens is 2. The fourth-order valence-electron chi connectivity index (χ4n) is 4.67. The molecule has 0 amide bonds. The number of aliphatic carboxylic acids is 1. The van der Waals surface area contributed by atoms with Crippen LogP contribution in [0.4, 0.5) is 5.82 Å². The lowest BCUT2D eigenvalue weighted by molar-refractivity contribution is -0.134. The largest absolute Gasteiger partial charge is 0.480 e. The molecule has 2 heterocycles. The Morgan fingerprint density at radius 1 is 0.878 bits per heavy atom. The molecule has 0 saturated heterocycles. The van der Waals surface area contributed by atoms with Crippen molar-refractivity contribution in [2.75, 3.05) is 11.9 Å². The SMILES string of the molecule is CC(c1ccc(CN(Cc2cccc(NCC(=O)O)n2)S(=O)(=O)c2cccnc2)cc1)c1ccc2ccccc2c1. The van der Waals surface area contributed by atoms with Gasteiger partial charge in [0.25, 0.3) is 0 Å². The Bertz CT molecular complexity index is 1760. The molecule has 0 radical (unpaired) electrons. The molecule has 208 valence electrons. The van der Waals surface area contributed by atoms with Crippen LogP contribution < -0.4 is 5.32 Å². The van der Waals surface area contributed by atoms with Crippen LogP contribution in [0.3, 0.4) is 0 Å². The monoisotopic (exact) mass is 566 g/mol. The van der Waals surface area contributed by atoms with Crippen LogP contribution in [0.15, 0.2) is 114 Å². The maximum Gasteiger partial charge on any atom is 0.322 e. The summed E-state index contributed by atoms with van der Waals surface area (Å²) in [4.78, 5) is 19.5. The van der Waals surface area contributed by atoms with Crippen molar-refractivity contribution >= 4 is 32.6 Å². The van der Waals surface area contributed by atoms with Crippen LogP contribution in [0.5, 0.6) is 0 Å². The molecule has 2 N–H and O–H groups in total. The van der Waals surface area contributed by atoms with E-state index in [1.54, 1.807) is 24.3 Å². The van der Waals surface area contributed by atoms with Gasteiger partial charge in [0.1, 0.15) is 17.3 Å². The molecule has 1 unspecified atom stereocenters. The second kappa shape index (κ2) is 12.3. The summed E-state index contributed by atoms with van der Waals surface area (Å²) in [5, 5.41) is 14.1. The molecule has 0 fully saturated rings. The highest BCUT2D eigenvalue weighted by Crippen LogP contribution is 2.28. The normalized spacial score (nSPS) is 12.3. The number of carboxylic acids is 1. The highest BCUT2D eigenvalue weighted by Gasteiger charge is 2.26. The average Bonchev–Trinajstić information content (AvgIpc) is 3.00. The molecule has 0 aliphatic rings. The average molecular weight is 567 g/mol. The van der Waals surface area contributed by atoms with Crippen molar-refractivity contribution in [2.24, 2.45) is 0 Å². The van der Waals surface area contributed by atoms with Crippen LogP contribution in [-0.4, -0.2) is 40.3 Å². The highest BCUT2D eigenvalue weighted by molar-refractivity contribution is 7.89. The van der Waals surface area contributed by atoms with Gasteiger partial charge in [-0.2, -0.15) is 4.31 Å². The van der Waals surface area contributed by atoms with Crippen molar-refractivity contribution < 1.29 is 18.3 Å². The number of sulfonamides is 1. The first-order chi connectivity index (χ1) is 19.8. The zero-order chi connectivity index (χ0) is 28.8. The second-order valence-corrected chi connectivity index (χ2v) is 11.7. The Balaban J connectivity index is 1.39. The second-order valence-electron chi connectivity index (χ2n) is 9.79. The van der Waals surface area contributed by atoms with Crippen molar-refractivity contribution in [3.63, 3.8) is 0 Å². The first-order valence-corrected chi connectivity index (χ1v) is 14.6. The molecule has 1 atom stereocenters. The quantitative estimate of drug-likeness (QED) is 0.212. The van der Waals surface area contributed by atoms with Gasteiger partial charge in [0.2, 0.25) is 10.0 Å². The molecular weight excluding hydrogens is 536 g/mol. The summed E-state index contributed by atoms with van der Waals surface area (Å²) >= 11 is 0. The molecule has 41 heavy (non-hydrogen) atoms. The number of anilines is 1. The fraction of sp³-hybridized carbons (Fsp3) is 0.156. The van der Waals surface area contributed by atoms with Crippen molar-refractivity contribution in [1.29, 1.82) is 0 Å². The number of nitrogens with one attached hydrogen (secondary N) is 1. The van der Waals surface area contributed by atoms with Crippen LogP contribution in [-0.2, 0) is 27.9 Å². The van der Waals surface area contributed by atoms with E-state index in [9.17, 15) is 13.2 Å². The van der Waals surface area contributed by atoms with Gasteiger partial charge in [0.05, 0.1) is 12.2 Å². The van der Waals surface area contributed by atoms with E-state index in [0.29, 0.717) is 11.5 Å². The molecule has 0 aliphatic heterocycles. The Hall–Kier alpha value is -4.60. The zero-order valence-corrected chi connectivity index (χ0v) is 23.3. The van der Waals surface area contributed by atoms with Gasteiger partial charge in [-0.05, 0) is 51.7 Å². The molecular formula is C32H30N4O4S. The van der Waals surface area contributed by atoms with Gasteiger partial charge in [0.15, 0.2) is 0 Å². The molecule has 2 aromatic heterocycles. The number of rotatable bonds is 11. The van der Waals surface area contributed by atoms with Gasteiger partial charge in [-0.25, -0.2) is 13.4 Å². The summed E-state index contributed by atoms with van der Waals surface area (Å²) < 4.78 is 28.7. The van der Waals surface area contributed by atoms with Gasteiger partial charge in [-0.1, -0.05) is 79.7 Å². The number of benzene rings is 3. The maximum absolute atomic E-state index is 13.7. The van der Waals surface area contributed by atoms with Crippen molar-refractivity contribution in [3.05, 3.63) is 132 Å². The third kappa shape index (κ3) is 6.77. The number of fused-ring (bicyclic) bond motifs is 1. The molecule has 5 rings (SSSR count). The van der Waals surface area contributed by atoms with Crippen molar-refractivity contribution in [3.8, 4) is 0 Å². The molecule has 8 nitrogen and oxygen atoms in total. The lowest BCUT2D eigenvalue weighted by Crippen LogP contribution is -2.31. The van der Waals surface area contributed by atoms with Crippen molar-refractivity contribution in [1.82, 2.24) is 14.3 Å². The summed E-state index contributed by atoms with van der Waals surface area (Å²) in [5.41, 5.74) is 3.64. The molecule has 0 spiro atoms. The first-order valence-electron chi connectivity index (χ1n) is 13.2. The lowest BCUT2D eigenvalue weighted by atomic mass is 9.91. The summed E-state index contributed by atoms with van der Waals surface area (Å²) in [5.74, 6) is -0.499. The molecule has 0 aliphatic carbocycles. The van der Waals surface area contributed by atoms with E-state index >= 15 is 0 Å². The maximum atomic E-state index is 13.7. The molecule has 3 aromatic carbocycles. The first kappa shape index (κ1) is 27.9. The van der Waals surface area contributed by atoms with Gasteiger partial charge in [-0.15, -0.1) is 0 Å². The Kier molecular flexibility index (Phi) is 8.37. The number of hydrogen-bond acceptors (Lipinski definition) is 6. The van der Waals surface area contributed by atoms with E-state index in [1.165, 1.54) is 39.1 Å². The van der Waals surface area contributed by atoms with E-state index in [2.05, 4.69) is 52.5 Å². The third-order valence-corrected chi connectivity index (χ3v) is 8.73. The summed E-state index contributed by atoms with van der Waals surface area (Å²) in [6.45, 7) is 1.98. The highest BCUT2D eigenvalue weighted by atomic mass is 32.2. The number of carboxylic acid groups (broad SMARTS) is 1. The summed E-state index contributed by atoms with van der Waals surface area (Å²) in [6, 6.07) is 30.9. The Morgan fingerprint density at radius 2 is 1.63 bits per heavy atom. The molecule has 5 aromatic rings. The standard InChI is InChI=1S/C32H30N4O4S/c1-23(27-16-15-26-6-2-3-7-28(26)18-27)25-13-11-24(12-14-25)21-36(41(39,40)30-9-5-17-33-19-30)22-29-8-4-10-31(35-29)34-20-32(37)38/h2-19,23H,20-22H2,1H3,(H,34,35)(H,37,38). The number of hydrogen-bond donors (Lipinski definition) is 2. The topological polar surface area (TPSA) is 112 Å². The van der Waals surface area contributed by atoms with E-state index in [0.717, 1.165) is 11.1 Å². The van der Waals surface area contributed by atoms with Crippen LogP contribution in [0.2, 0.25) is 0 Å². The number of pyridine rings is 2. The minimum Gasteiger partial charge on any atom is -0.480 e. The predicted molar refractivity (Wildman–Crippen MR) is 159 cm³/mol. The molecule has 0 bridgehead atoms. The number of nitrogens with zero attached hydrogens (tertiary/aromatic N) is 3. The fourth-order valence-corrected chi connectivity index (χ4v) is 6.04. The Morgan fingerprint density at radius 3 is 2.37 bits per heavy atom. The summed E-state index contributed by atoms with van der Waals surface area (Å²) in [6.07, 6.45) is 2.85. The predicted octanol–water partition coefficient (Wildman–Crippen LogP) is 5.67. The van der Waals surface area contributed by atoms with Gasteiger partial charge < -0.3 is 10.4 Å². The van der Waals surface area contributed by atoms with Crippen LogP contribution in [0.1, 0.15) is 35.2 Å². The molecule has 9 heteroatoms. The lowest BCUT2D eigenvalue weighted by Gasteiger charge is -2.23. The van der Waals surface area contributed by atoms with E-state index in [4.69, 9.17) is 5.11 Å². The van der Waals surface area contributed by atoms with E-state index in [-0.39, 0.29) is 30.4 Å². The van der Waals surface area contributed by atoms with Gasteiger partial charge >= 0.3 is 5.97 Å². The molecule has 0 saturated carbocycles. The minimum absolute atomic E-state index is 0.00490. The number of carbonyl (C=O) groups is 1. The van der Waals surface area contributed by atoms with E-state index in [1.807, 2.05) is 36.4 Å². The summed E-state index contributed by atoms with van der Waals surface area (Å²) in [7, 11) is -3.91. The smallest absolute Gasteiger partial charge is 0.322 e. The van der Waals surface area contributed by atoms with Gasteiger partial charge in [-0.3, -0.25) is 9.78 Å². The Labute approximate surface area is 239 Å². The van der Waals surface area contributed by atoms with Crippen LogP contribution in [0, 0.1) is 0 Å². The van der Waals surface area contributed by atoms with Crippen LogP contribution >= 0.6 is 0 Å². The zero-order valence-electron chi connectivity index (χ0n) is 22.5. The van der Waals surface area contributed by atoms with E-state index < -0.39 is 16.0 Å². The minimum atomic E-state index is -3.91. The van der Waals surface area contributed by atoms with Crippen LogP contribution in [0.25, 0.3) is 10.8 Å². The van der Waals surface area contributed by atoms with Gasteiger partial charge in [0, 0.05) is 24.9 Å². The third-order valence-electron chi connectivity index (χ3n) is 6.95.